The molecule has 2 fully saturated rings. The number of ether oxygens (including phenoxy) is 1. The van der Waals surface area contributed by atoms with Crippen LogP contribution in [0.15, 0.2) is 0 Å². The summed E-state index contributed by atoms with van der Waals surface area (Å²) >= 11 is 0. The van der Waals surface area contributed by atoms with E-state index in [4.69, 9.17) is 10.5 Å². The Morgan fingerprint density at radius 2 is 1.88 bits per heavy atom. The molecule has 2 aliphatic rings. The van der Waals surface area contributed by atoms with E-state index in [1.807, 2.05) is 0 Å². The van der Waals surface area contributed by atoms with Crippen molar-refractivity contribution in [2.75, 3.05) is 13.2 Å². The predicted molar refractivity (Wildman–Crippen MR) is 71.9 cm³/mol. The fourth-order valence-electron chi connectivity index (χ4n) is 3.85. The van der Waals surface area contributed by atoms with Crippen LogP contribution in [-0.2, 0) is 4.74 Å². The van der Waals surface area contributed by atoms with Gasteiger partial charge in [0.15, 0.2) is 0 Å². The van der Waals surface area contributed by atoms with E-state index < -0.39 is 0 Å². The van der Waals surface area contributed by atoms with Crippen molar-refractivity contribution < 1.29 is 4.74 Å². The zero-order valence-electron chi connectivity index (χ0n) is 11.6. The highest BCUT2D eigenvalue weighted by atomic mass is 16.5. The zero-order chi connectivity index (χ0) is 12.3. The molecule has 0 bridgehead atoms. The maximum absolute atomic E-state index is 6.51. The highest BCUT2D eigenvalue weighted by molar-refractivity contribution is 4.90. The van der Waals surface area contributed by atoms with Crippen LogP contribution in [0.3, 0.4) is 0 Å². The standard InChI is InChI=1S/C15H29NO/c1-15(2)8-4-3-5-13(15)14(16)11-12-6-9-17-10-7-12/h12-14H,3-11,16H2,1-2H3. The lowest BCUT2D eigenvalue weighted by Crippen LogP contribution is -2.43. The normalized spacial score (nSPS) is 32.3. The molecule has 1 aliphatic carbocycles. The minimum Gasteiger partial charge on any atom is -0.381 e. The second-order valence-corrected chi connectivity index (χ2v) is 6.80. The molecule has 0 spiro atoms. The van der Waals surface area contributed by atoms with E-state index in [0.29, 0.717) is 11.5 Å². The molecule has 2 atom stereocenters. The second-order valence-electron chi connectivity index (χ2n) is 6.80. The van der Waals surface area contributed by atoms with E-state index in [-0.39, 0.29) is 0 Å². The fraction of sp³-hybridized carbons (Fsp3) is 1.00. The Hall–Kier alpha value is -0.0800. The van der Waals surface area contributed by atoms with Crippen molar-refractivity contribution in [2.45, 2.75) is 64.8 Å². The van der Waals surface area contributed by atoms with Crippen LogP contribution in [0.25, 0.3) is 0 Å². The monoisotopic (exact) mass is 239 g/mol. The van der Waals surface area contributed by atoms with Gasteiger partial charge in [-0.2, -0.15) is 0 Å². The second kappa shape index (κ2) is 5.71. The first-order chi connectivity index (χ1) is 8.09. The van der Waals surface area contributed by atoms with Gasteiger partial charge in [0.2, 0.25) is 0 Å². The molecule has 2 heteroatoms. The minimum absolute atomic E-state index is 0.411. The van der Waals surface area contributed by atoms with Crippen LogP contribution >= 0.6 is 0 Å². The van der Waals surface area contributed by atoms with Gasteiger partial charge in [-0.1, -0.05) is 26.7 Å². The lowest BCUT2D eigenvalue weighted by atomic mass is 9.64. The third-order valence-corrected chi connectivity index (χ3v) is 5.05. The van der Waals surface area contributed by atoms with Gasteiger partial charge in [-0.15, -0.1) is 0 Å². The van der Waals surface area contributed by atoms with Crippen LogP contribution in [0.5, 0.6) is 0 Å². The van der Waals surface area contributed by atoms with Crippen LogP contribution < -0.4 is 5.73 Å². The Balaban J connectivity index is 1.87. The van der Waals surface area contributed by atoms with E-state index in [9.17, 15) is 0 Å². The maximum atomic E-state index is 6.51. The summed E-state index contributed by atoms with van der Waals surface area (Å²) in [5.74, 6) is 1.55. The number of nitrogens with two attached hydrogens (primary N) is 1. The molecule has 1 saturated carbocycles. The largest absolute Gasteiger partial charge is 0.381 e. The third kappa shape index (κ3) is 3.45. The van der Waals surface area contributed by atoms with Crippen molar-refractivity contribution in [3.63, 3.8) is 0 Å². The van der Waals surface area contributed by atoms with Gasteiger partial charge in [0, 0.05) is 19.3 Å². The molecular weight excluding hydrogens is 210 g/mol. The molecule has 1 saturated heterocycles. The average Bonchev–Trinajstić information content (AvgIpc) is 2.29. The Labute approximate surface area is 106 Å². The Morgan fingerprint density at radius 3 is 2.53 bits per heavy atom. The van der Waals surface area contributed by atoms with Gasteiger partial charge in [0.05, 0.1) is 0 Å². The van der Waals surface area contributed by atoms with Crippen molar-refractivity contribution in [3.05, 3.63) is 0 Å². The smallest absolute Gasteiger partial charge is 0.0468 e. The number of hydrogen-bond acceptors (Lipinski definition) is 2. The quantitative estimate of drug-likeness (QED) is 0.819. The number of hydrogen-bond donors (Lipinski definition) is 1. The van der Waals surface area contributed by atoms with Crippen molar-refractivity contribution in [1.29, 1.82) is 0 Å². The summed E-state index contributed by atoms with van der Waals surface area (Å²) in [7, 11) is 0. The maximum Gasteiger partial charge on any atom is 0.0468 e. The first-order valence-electron chi connectivity index (χ1n) is 7.43. The van der Waals surface area contributed by atoms with Crippen LogP contribution in [0.1, 0.15) is 58.8 Å². The van der Waals surface area contributed by atoms with Crippen LogP contribution in [0, 0.1) is 17.3 Å². The molecule has 2 nitrogen and oxygen atoms in total. The van der Waals surface area contributed by atoms with Crippen LogP contribution in [0.2, 0.25) is 0 Å². The summed E-state index contributed by atoms with van der Waals surface area (Å²) in [6, 6.07) is 0.411. The number of rotatable bonds is 3. The van der Waals surface area contributed by atoms with Crippen LogP contribution in [-0.4, -0.2) is 19.3 Å². The molecule has 0 amide bonds. The first-order valence-corrected chi connectivity index (χ1v) is 7.43. The van der Waals surface area contributed by atoms with E-state index >= 15 is 0 Å². The molecule has 2 unspecified atom stereocenters. The summed E-state index contributed by atoms with van der Waals surface area (Å²) in [5, 5.41) is 0. The fourth-order valence-corrected chi connectivity index (χ4v) is 3.85. The highest BCUT2D eigenvalue weighted by Crippen LogP contribution is 2.43. The summed E-state index contributed by atoms with van der Waals surface area (Å²) < 4.78 is 5.43. The van der Waals surface area contributed by atoms with E-state index in [2.05, 4.69) is 13.8 Å². The topological polar surface area (TPSA) is 35.2 Å². The molecule has 0 aromatic heterocycles. The Bertz CT molecular complexity index is 233. The predicted octanol–water partition coefficient (Wildman–Crippen LogP) is 3.35. The summed E-state index contributed by atoms with van der Waals surface area (Å²) in [5.41, 5.74) is 6.98. The van der Waals surface area contributed by atoms with Gasteiger partial charge in [0.25, 0.3) is 0 Å². The molecular formula is C15H29NO. The molecule has 100 valence electrons. The molecule has 2 N–H and O–H groups in total. The van der Waals surface area contributed by atoms with Gasteiger partial charge in [-0.3, -0.25) is 0 Å². The Morgan fingerprint density at radius 1 is 1.18 bits per heavy atom. The van der Waals surface area contributed by atoms with Gasteiger partial charge in [0.1, 0.15) is 0 Å². The zero-order valence-corrected chi connectivity index (χ0v) is 11.6. The van der Waals surface area contributed by atoms with Crippen LogP contribution in [0.4, 0.5) is 0 Å². The molecule has 2 rings (SSSR count). The van der Waals surface area contributed by atoms with Gasteiger partial charge in [-0.05, 0) is 49.4 Å². The summed E-state index contributed by atoms with van der Waals surface area (Å²) in [4.78, 5) is 0. The SMILES string of the molecule is CC1(C)CCCCC1C(N)CC1CCOCC1. The third-order valence-electron chi connectivity index (χ3n) is 5.05. The summed E-state index contributed by atoms with van der Waals surface area (Å²) in [6.45, 7) is 6.73. The molecule has 1 aliphatic heterocycles. The molecule has 0 aromatic rings. The van der Waals surface area contributed by atoms with E-state index in [1.165, 1.54) is 44.9 Å². The molecule has 0 radical (unpaired) electrons. The van der Waals surface area contributed by atoms with E-state index in [0.717, 1.165) is 25.0 Å². The van der Waals surface area contributed by atoms with Crippen molar-refractivity contribution in [2.24, 2.45) is 23.0 Å². The van der Waals surface area contributed by atoms with Gasteiger partial charge in [-0.25, -0.2) is 0 Å². The van der Waals surface area contributed by atoms with Crippen molar-refractivity contribution in [1.82, 2.24) is 0 Å². The Kier molecular flexibility index (Phi) is 4.48. The average molecular weight is 239 g/mol. The lowest BCUT2D eigenvalue weighted by molar-refractivity contribution is 0.0485. The molecule has 17 heavy (non-hydrogen) atoms. The summed E-state index contributed by atoms with van der Waals surface area (Å²) in [6.07, 6.45) is 9.15. The first kappa shape index (κ1) is 13.4. The lowest BCUT2D eigenvalue weighted by Gasteiger charge is -2.43. The highest BCUT2D eigenvalue weighted by Gasteiger charge is 2.36. The van der Waals surface area contributed by atoms with Gasteiger partial charge >= 0.3 is 0 Å². The molecule has 1 heterocycles. The minimum atomic E-state index is 0.411. The van der Waals surface area contributed by atoms with Gasteiger partial charge < -0.3 is 10.5 Å². The van der Waals surface area contributed by atoms with Crippen molar-refractivity contribution >= 4 is 0 Å². The van der Waals surface area contributed by atoms with E-state index in [1.54, 1.807) is 0 Å². The van der Waals surface area contributed by atoms with Crippen molar-refractivity contribution in [3.8, 4) is 0 Å². The molecule has 0 aromatic carbocycles.